The van der Waals surface area contributed by atoms with Gasteiger partial charge in [-0.15, -0.1) is 0 Å². The summed E-state index contributed by atoms with van der Waals surface area (Å²) in [6, 6.07) is 66.4. The van der Waals surface area contributed by atoms with Gasteiger partial charge in [0.1, 0.15) is 37.1 Å². The molecule has 0 aliphatic carbocycles. The molecular weight excluding hydrogens is 1340 g/mol. The second-order valence-electron chi connectivity index (χ2n) is 28.5. The van der Waals surface area contributed by atoms with Crippen molar-refractivity contribution < 1.29 is 44.8 Å². The van der Waals surface area contributed by atoms with E-state index in [0.717, 1.165) is 69.7 Å². The third-order valence-electron chi connectivity index (χ3n) is 20.1. The van der Waals surface area contributed by atoms with Crippen LogP contribution in [0.15, 0.2) is 215 Å². The lowest BCUT2D eigenvalue weighted by Gasteiger charge is -2.20. The molecule has 0 atom stereocenters. The molecule has 0 bridgehead atoms. The molecule has 0 fully saturated rings. The normalized spacial score (nSPS) is 11.6. The zero-order valence-electron chi connectivity index (χ0n) is 63.7. The number of ether oxygens (including phenoxy) is 3. The van der Waals surface area contributed by atoms with E-state index in [1.165, 1.54) is 132 Å². The monoisotopic (exact) mass is 1450 g/mol. The summed E-state index contributed by atoms with van der Waals surface area (Å²) >= 11 is 0. The fourth-order valence-electron chi connectivity index (χ4n) is 13.7. The number of aliphatic hydroxyl groups excluding tert-OH is 6. The van der Waals surface area contributed by atoms with Gasteiger partial charge < -0.3 is 44.8 Å². The van der Waals surface area contributed by atoms with Crippen molar-refractivity contribution in [2.24, 2.45) is 15.0 Å². The Kier molecular flexibility index (Phi) is 33.0. The Hall–Kier alpha value is -9.63. The second-order valence-corrected chi connectivity index (χ2v) is 28.5. The summed E-state index contributed by atoms with van der Waals surface area (Å²) in [5.74, 6) is 1.12. The van der Waals surface area contributed by atoms with Crippen LogP contribution >= 0.6 is 0 Å². The summed E-state index contributed by atoms with van der Waals surface area (Å²) in [5.41, 5.74) is 19.0. The van der Waals surface area contributed by atoms with Crippen molar-refractivity contribution in [3.63, 3.8) is 0 Å². The Morgan fingerprint density at radius 2 is 0.444 bits per heavy atom. The van der Waals surface area contributed by atoms with E-state index in [9.17, 15) is 30.6 Å². The van der Waals surface area contributed by atoms with Gasteiger partial charge in [0, 0.05) is 52.0 Å². The van der Waals surface area contributed by atoms with Gasteiger partial charge in [-0.25, -0.2) is 0 Å². The molecule has 0 saturated carbocycles. The van der Waals surface area contributed by atoms with Gasteiger partial charge in [-0.05, 0) is 213 Å². The average Bonchev–Trinajstić information content (AvgIpc) is 0.773. The third-order valence-corrected chi connectivity index (χ3v) is 20.1. The average molecular weight is 1450 g/mol. The highest BCUT2D eigenvalue weighted by molar-refractivity contribution is 5.85. The number of aliphatic imine (C=N–C) groups is 3. The molecule has 0 amide bonds. The topological polar surface area (TPSA) is 186 Å². The molecule has 0 heterocycles. The van der Waals surface area contributed by atoms with E-state index in [4.69, 9.17) is 29.2 Å². The number of unbranched alkanes of at least 4 members (excludes halogenated alkanes) is 15. The quantitative estimate of drug-likeness (QED) is 0.0160. The van der Waals surface area contributed by atoms with Crippen molar-refractivity contribution in [2.45, 2.75) is 215 Å². The maximum absolute atomic E-state index is 11.1. The predicted octanol–water partition coefficient (Wildman–Crippen LogP) is 22.3. The first-order valence-corrected chi connectivity index (χ1v) is 39.4. The smallest absolute Gasteiger partial charge is 0.130 e. The largest absolute Gasteiger partial charge is 0.488 e. The first-order chi connectivity index (χ1) is 53.1. The highest BCUT2D eigenvalue weighted by Crippen LogP contribution is 2.41. The lowest BCUT2D eigenvalue weighted by molar-refractivity contribution is 0.242. The van der Waals surface area contributed by atoms with E-state index in [2.05, 4.69) is 93.6 Å². The molecule has 12 nitrogen and oxygen atoms in total. The van der Waals surface area contributed by atoms with Crippen molar-refractivity contribution in [3.05, 3.63) is 284 Å². The minimum atomic E-state index is -0.389. The van der Waals surface area contributed by atoms with Gasteiger partial charge in [-0.1, -0.05) is 226 Å². The minimum absolute atomic E-state index is 0.171. The molecule has 0 aliphatic rings. The maximum Gasteiger partial charge on any atom is 0.130 e. The molecule has 10 aromatic carbocycles. The molecule has 0 aliphatic heterocycles. The molecule has 10 aromatic rings. The van der Waals surface area contributed by atoms with Crippen molar-refractivity contribution in [3.8, 4) is 50.6 Å². The van der Waals surface area contributed by atoms with E-state index in [1.807, 2.05) is 146 Å². The molecule has 0 saturated heterocycles. The van der Waals surface area contributed by atoms with E-state index >= 15 is 0 Å². The molecule has 564 valence electrons. The number of aryl methyl sites for hydroxylation is 3. The van der Waals surface area contributed by atoms with E-state index in [1.54, 1.807) is 0 Å². The second kappa shape index (κ2) is 44.0. The van der Waals surface area contributed by atoms with Crippen LogP contribution in [0.25, 0.3) is 33.4 Å². The predicted molar refractivity (Wildman–Crippen MR) is 443 cm³/mol. The number of hydrogen-bond donors (Lipinski definition) is 6. The lowest BCUT2D eigenvalue weighted by atomic mass is 9.89. The molecule has 0 radical (unpaired) electrons. The summed E-state index contributed by atoms with van der Waals surface area (Å²) in [6.07, 6.45) is 31.8. The van der Waals surface area contributed by atoms with E-state index < -0.39 is 0 Å². The summed E-state index contributed by atoms with van der Waals surface area (Å²) in [6.45, 7) is 4.92. The molecule has 0 aromatic heterocycles. The molecule has 10 rings (SSSR count). The molecular formula is C96H111N3O9. The minimum Gasteiger partial charge on any atom is -0.488 e. The maximum atomic E-state index is 11.1. The van der Waals surface area contributed by atoms with Crippen molar-refractivity contribution in [2.75, 3.05) is 0 Å². The SMILES string of the molecule is CCCCCCCCc1ccc(N=Cc2ccc(COc3c(CO)cc(-c4cc(-c5cc(CO)c(OCc6ccc(C=Nc7ccc(CCCCCCCC)cc7)cc6)c(CO)c5)cc(-c5cc(CO)c(OCc6ccc(C=Nc7ccc(CCCCCCCC)cc7)cc6)c(CO)c5)c4)cc3CO)cc2)cc1. The van der Waals surface area contributed by atoms with Gasteiger partial charge in [0.2, 0.25) is 0 Å². The molecule has 12 heteroatoms. The van der Waals surface area contributed by atoms with Crippen LogP contribution in [0.3, 0.4) is 0 Å². The Morgan fingerprint density at radius 3 is 0.667 bits per heavy atom. The van der Waals surface area contributed by atoms with Crippen LogP contribution in [0, 0.1) is 0 Å². The first kappa shape index (κ1) is 80.9. The van der Waals surface area contributed by atoms with Crippen molar-refractivity contribution in [1.29, 1.82) is 0 Å². The zero-order chi connectivity index (χ0) is 75.5. The Bertz CT molecular complexity index is 3910. The van der Waals surface area contributed by atoms with Crippen LogP contribution in [0.4, 0.5) is 17.1 Å². The van der Waals surface area contributed by atoms with Crippen LogP contribution in [-0.4, -0.2) is 49.3 Å². The Morgan fingerprint density at radius 1 is 0.241 bits per heavy atom. The van der Waals surface area contributed by atoms with Crippen LogP contribution in [0.5, 0.6) is 17.2 Å². The zero-order valence-corrected chi connectivity index (χ0v) is 63.7. The molecule has 0 spiro atoms. The van der Waals surface area contributed by atoms with Crippen LogP contribution < -0.4 is 14.2 Å². The summed E-state index contributed by atoms with van der Waals surface area (Å²) in [5, 5.41) is 66.6. The van der Waals surface area contributed by atoms with Gasteiger partial charge >= 0.3 is 0 Å². The number of nitrogens with zero attached hydrogens (tertiary/aromatic N) is 3. The van der Waals surface area contributed by atoms with Gasteiger partial charge in [0.25, 0.3) is 0 Å². The number of benzene rings is 10. The Balaban J connectivity index is 0.878. The standard InChI is InChI=1S/C96H111N3O9/c1-4-7-10-13-16-19-22-70-37-43-91(44-38-70)97-58-73-25-31-76(32-26-73)67-106-94-85(61-100)52-82(53-86(94)62-101)79-49-80(83-54-87(63-102)95(88(55-83)64-103)107-68-77-33-27-74(28-34-77)59-98-92-45-39-71(40-46-92)23-20-17-14-11-8-5-2)51-81(50-79)84-56-89(65-104)96(90(57-84)66-105)108-69-78-35-29-75(30-36-78)60-99-93-47-41-72(42-48-93)24-21-18-15-12-9-6-3/h25-60,100-105H,4-24,61-69H2,1-3H3. The molecule has 0 unspecified atom stereocenters. The van der Waals surface area contributed by atoms with Crippen LogP contribution in [0.1, 0.15) is 220 Å². The molecule has 6 N–H and O–H groups in total. The molecule has 108 heavy (non-hydrogen) atoms. The summed E-state index contributed by atoms with van der Waals surface area (Å²) in [4.78, 5) is 14.2. The highest BCUT2D eigenvalue weighted by atomic mass is 16.5. The number of hydrogen-bond acceptors (Lipinski definition) is 12. The number of rotatable bonds is 45. The van der Waals surface area contributed by atoms with Crippen molar-refractivity contribution >= 4 is 35.7 Å². The Labute approximate surface area is 641 Å². The fraction of sp³-hybridized carbons (Fsp3) is 0.344. The lowest BCUT2D eigenvalue weighted by Crippen LogP contribution is -2.04. The van der Waals surface area contributed by atoms with Crippen LogP contribution in [-0.2, 0) is 78.7 Å². The van der Waals surface area contributed by atoms with E-state index in [0.29, 0.717) is 84.0 Å². The van der Waals surface area contributed by atoms with Gasteiger partial charge in [0.15, 0.2) is 0 Å². The van der Waals surface area contributed by atoms with Crippen molar-refractivity contribution in [1.82, 2.24) is 0 Å². The van der Waals surface area contributed by atoms with Gasteiger partial charge in [-0.2, -0.15) is 0 Å². The summed E-state index contributed by atoms with van der Waals surface area (Å²) in [7, 11) is 0. The van der Waals surface area contributed by atoms with Gasteiger partial charge in [0.05, 0.1) is 56.7 Å². The van der Waals surface area contributed by atoms with Crippen LogP contribution in [0.2, 0.25) is 0 Å². The number of aliphatic hydroxyl groups is 6. The third kappa shape index (κ3) is 24.7. The highest BCUT2D eigenvalue weighted by Gasteiger charge is 2.21. The van der Waals surface area contributed by atoms with E-state index in [-0.39, 0.29) is 59.5 Å². The van der Waals surface area contributed by atoms with Gasteiger partial charge in [-0.3, -0.25) is 15.0 Å². The first-order valence-electron chi connectivity index (χ1n) is 39.4. The fourth-order valence-corrected chi connectivity index (χ4v) is 13.7. The summed E-state index contributed by atoms with van der Waals surface area (Å²) < 4.78 is 19.5.